The van der Waals surface area contributed by atoms with E-state index >= 15 is 0 Å². The maximum absolute atomic E-state index is 11.9. The van der Waals surface area contributed by atoms with Gasteiger partial charge in [-0.2, -0.15) is 0 Å². The monoisotopic (exact) mass is 490 g/mol. The number of hydrogen-bond acceptors (Lipinski definition) is 6. The zero-order valence-electron chi connectivity index (χ0n) is 21.9. The van der Waals surface area contributed by atoms with E-state index in [4.69, 9.17) is 9.97 Å². The molecular formula is C28H38N6O2. The molecule has 3 aromatic rings. The van der Waals surface area contributed by atoms with Crippen molar-refractivity contribution < 1.29 is 9.90 Å². The van der Waals surface area contributed by atoms with Gasteiger partial charge in [0.1, 0.15) is 11.2 Å². The highest BCUT2D eigenvalue weighted by Gasteiger charge is 2.29. The van der Waals surface area contributed by atoms with Crippen molar-refractivity contribution >= 4 is 23.0 Å². The Morgan fingerprint density at radius 1 is 1.11 bits per heavy atom. The second-order valence-electron chi connectivity index (χ2n) is 11.7. The molecule has 0 unspecified atom stereocenters. The Hall–Kier alpha value is -3.03. The summed E-state index contributed by atoms with van der Waals surface area (Å²) in [5.74, 6) is 1.04. The van der Waals surface area contributed by atoms with Crippen molar-refractivity contribution in [3.63, 3.8) is 0 Å². The van der Waals surface area contributed by atoms with Crippen LogP contribution in [0, 0.1) is 11.8 Å². The van der Waals surface area contributed by atoms with Gasteiger partial charge in [-0.15, -0.1) is 0 Å². The first-order chi connectivity index (χ1) is 17.2. The second-order valence-corrected chi connectivity index (χ2v) is 11.7. The van der Waals surface area contributed by atoms with Gasteiger partial charge in [0.2, 0.25) is 5.82 Å². The van der Waals surface area contributed by atoms with Crippen molar-refractivity contribution in [1.82, 2.24) is 24.5 Å². The summed E-state index contributed by atoms with van der Waals surface area (Å²) in [5.41, 5.74) is 3.14. The Balaban J connectivity index is 1.68. The van der Waals surface area contributed by atoms with Gasteiger partial charge in [0.15, 0.2) is 17.3 Å². The zero-order chi connectivity index (χ0) is 25.4. The molecular weight excluding hydrogens is 452 g/mol. The van der Waals surface area contributed by atoms with Gasteiger partial charge >= 0.3 is 5.97 Å². The number of carboxylic acids is 1. The third-order valence-corrected chi connectivity index (χ3v) is 8.04. The third kappa shape index (κ3) is 4.95. The van der Waals surface area contributed by atoms with Crippen LogP contribution in [-0.4, -0.2) is 41.6 Å². The lowest BCUT2D eigenvalue weighted by Crippen LogP contribution is -2.31. The number of nitrogens with one attached hydrogen (secondary N) is 1. The van der Waals surface area contributed by atoms with Crippen LogP contribution in [0.4, 0.5) is 5.82 Å². The van der Waals surface area contributed by atoms with Crippen molar-refractivity contribution in [3.05, 3.63) is 29.7 Å². The highest BCUT2D eigenvalue weighted by Crippen LogP contribution is 2.35. The van der Waals surface area contributed by atoms with Crippen LogP contribution in [0.1, 0.15) is 95.2 Å². The molecule has 2 N–H and O–H groups in total. The Labute approximate surface area is 213 Å². The number of carboxylic acid groups (broad SMARTS) is 1. The Kier molecular flexibility index (Phi) is 6.70. The Bertz CT molecular complexity index is 1250. The number of carbonyl (C=O) groups is 1. The molecule has 1 atom stereocenters. The molecule has 8 nitrogen and oxygen atoms in total. The summed E-state index contributed by atoms with van der Waals surface area (Å²) in [7, 11) is 0. The van der Waals surface area contributed by atoms with Crippen LogP contribution in [0.15, 0.2) is 18.3 Å². The summed E-state index contributed by atoms with van der Waals surface area (Å²) < 4.78 is 2.21. The normalized spacial score (nSPS) is 18.2. The zero-order valence-corrected chi connectivity index (χ0v) is 21.9. The molecule has 2 aliphatic rings. The van der Waals surface area contributed by atoms with Crippen LogP contribution < -0.4 is 5.32 Å². The lowest BCUT2D eigenvalue weighted by Gasteiger charge is -2.32. The van der Waals surface area contributed by atoms with Gasteiger partial charge in [-0.25, -0.2) is 19.7 Å². The summed E-state index contributed by atoms with van der Waals surface area (Å²) >= 11 is 0. The first-order valence-electron chi connectivity index (χ1n) is 13.5. The van der Waals surface area contributed by atoms with E-state index in [-0.39, 0.29) is 17.3 Å². The number of rotatable bonds is 7. The Morgan fingerprint density at radius 2 is 1.86 bits per heavy atom. The van der Waals surface area contributed by atoms with Crippen LogP contribution >= 0.6 is 0 Å². The molecule has 192 valence electrons. The van der Waals surface area contributed by atoms with Crippen molar-refractivity contribution in [2.75, 3.05) is 5.32 Å². The fourth-order valence-electron chi connectivity index (χ4n) is 5.53. The average molecular weight is 491 g/mol. The second kappa shape index (κ2) is 9.79. The summed E-state index contributed by atoms with van der Waals surface area (Å²) in [6, 6.07) is 4.35. The van der Waals surface area contributed by atoms with Gasteiger partial charge in [-0.1, -0.05) is 46.5 Å². The Morgan fingerprint density at radius 3 is 2.50 bits per heavy atom. The van der Waals surface area contributed by atoms with Crippen LogP contribution in [0.3, 0.4) is 0 Å². The summed E-state index contributed by atoms with van der Waals surface area (Å²) in [5, 5.41) is 13.3. The van der Waals surface area contributed by atoms with Gasteiger partial charge in [-0.3, -0.25) is 4.98 Å². The van der Waals surface area contributed by atoms with Gasteiger partial charge in [0.05, 0.1) is 0 Å². The SMILES string of the molecule is C[C@@H](Nc1nc(C(=O)O)nc2nc(-c3cc(C(C)(C)C)ccn3)n(CC3CCCCC3)c12)C1CCC1. The van der Waals surface area contributed by atoms with Gasteiger partial charge in [0, 0.05) is 18.8 Å². The van der Waals surface area contributed by atoms with E-state index in [9.17, 15) is 9.90 Å². The molecule has 0 amide bonds. The van der Waals surface area contributed by atoms with Gasteiger partial charge in [-0.05, 0) is 67.6 Å². The number of nitrogens with zero attached hydrogens (tertiary/aromatic N) is 5. The van der Waals surface area contributed by atoms with E-state index in [1.807, 2.05) is 12.3 Å². The van der Waals surface area contributed by atoms with Crippen molar-refractivity contribution in [3.8, 4) is 11.5 Å². The maximum Gasteiger partial charge on any atom is 0.374 e. The average Bonchev–Trinajstić information content (AvgIpc) is 3.16. The van der Waals surface area contributed by atoms with Crippen LogP contribution in [-0.2, 0) is 12.0 Å². The molecule has 5 rings (SSSR count). The first kappa shape index (κ1) is 24.7. The maximum atomic E-state index is 11.9. The highest BCUT2D eigenvalue weighted by molar-refractivity contribution is 5.92. The van der Waals surface area contributed by atoms with Crippen molar-refractivity contribution in [2.24, 2.45) is 11.8 Å². The van der Waals surface area contributed by atoms with E-state index < -0.39 is 5.97 Å². The summed E-state index contributed by atoms with van der Waals surface area (Å²) in [6.45, 7) is 9.52. The third-order valence-electron chi connectivity index (χ3n) is 8.04. The number of imidazole rings is 1. The molecule has 3 heterocycles. The minimum Gasteiger partial charge on any atom is -0.475 e. The molecule has 2 saturated carbocycles. The number of aromatic carboxylic acids is 1. The molecule has 0 spiro atoms. The lowest BCUT2D eigenvalue weighted by molar-refractivity contribution is 0.0684. The summed E-state index contributed by atoms with van der Waals surface area (Å²) in [6.07, 6.45) is 11.6. The van der Waals surface area contributed by atoms with E-state index in [2.05, 4.69) is 53.6 Å². The molecule has 0 saturated heterocycles. The predicted octanol–water partition coefficient (Wildman–Crippen LogP) is 6.06. The smallest absolute Gasteiger partial charge is 0.374 e. The quantitative estimate of drug-likeness (QED) is 0.414. The minimum absolute atomic E-state index is 0.0287. The number of aromatic nitrogens is 5. The van der Waals surface area contributed by atoms with E-state index in [1.54, 1.807) is 0 Å². The minimum atomic E-state index is -1.15. The first-order valence-corrected chi connectivity index (χ1v) is 13.5. The highest BCUT2D eigenvalue weighted by atomic mass is 16.4. The molecule has 2 fully saturated rings. The largest absolute Gasteiger partial charge is 0.475 e. The molecule has 0 aromatic carbocycles. The number of anilines is 1. The fraction of sp³-hybridized carbons (Fsp3) is 0.607. The summed E-state index contributed by atoms with van der Waals surface area (Å²) in [4.78, 5) is 30.4. The van der Waals surface area contributed by atoms with Crippen LogP contribution in [0.2, 0.25) is 0 Å². The molecule has 0 bridgehead atoms. The van der Waals surface area contributed by atoms with Crippen LogP contribution in [0.25, 0.3) is 22.7 Å². The topological polar surface area (TPSA) is 106 Å². The van der Waals surface area contributed by atoms with E-state index in [1.165, 1.54) is 56.9 Å². The molecule has 3 aromatic heterocycles. The number of pyridine rings is 1. The molecule has 0 radical (unpaired) electrons. The predicted molar refractivity (Wildman–Crippen MR) is 141 cm³/mol. The molecule has 36 heavy (non-hydrogen) atoms. The van der Waals surface area contributed by atoms with E-state index in [0.29, 0.717) is 23.3 Å². The molecule has 0 aliphatic heterocycles. The molecule has 8 heteroatoms. The van der Waals surface area contributed by atoms with Gasteiger partial charge in [0.25, 0.3) is 0 Å². The van der Waals surface area contributed by atoms with E-state index in [0.717, 1.165) is 23.6 Å². The number of fused-ring (bicyclic) bond motifs is 1. The van der Waals surface area contributed by atoms with Crippen molar-refractivity contribution in [2.45, 2.75) is 97.1 Å². The fourth-order valence-corrected chi connectivity index (χ4v) is 5.53. The molecule has 2 aliphatic carbocycles. The van der Waals surface area contributed by atoms with Gasteiger partial charge < -0.3 is 15.0 Å². The van der Waals surface area contributed by atoms with Crippen molar-refractivity contribution in [1.29, 1.82) is 0 Å². The number of hydrogen-bond donors (Lipinski definition) is 2. The standard InChI is InChI=1S/C28H38N6O2/c1-17(19-11-8-12-19)30-23-22-24(32-25(31-23)27(35)36)33-26(34(22)16-18-9-6-5-7-10-18)21-15-20(13-14-29-21)28(2,3)4/h13-15,17-19H,5-12,16H2,1-4H3,(H,35,36)(H,30,31,32)/t17-/m1/s1. The lowest BCUT2D eigenvalue weighted by atomic mass is 9.80. The van der Waals surface area contributed by atoms with Crippen LogP contribution in [0.5, 0.6) is 0 Å².